The average molecular weight is 354 g/mol. The van der Waals surface area contributed by atoms with Gasteiger partial charge in [0.25, 0.3) is 0 Å². The van der Waals surface area contributed by atoms with E-state index < -0.39 is 0 Å². The van der Waals surface area contributed by atoms with Crippen molar-refractivity contribution in [3.8, 4) is 11.8 Å². The maximum atomic E-state index is 12.2. The van der Waals surface area contributed by atoms with Crippen LogP contribution in [0.1, 0.15) is 47.8 Å². The molecule has 130 valence electrons. The smallest absolute Gasteiger partial charge is 0.228 e. The summed E-state index contributed by atoms with van der Waals surface area (Å²) in [7, 11) is 0. The van der Waals surface area contributed by atoms with Crippen molar-refractivity contribution in [3.05, 3.63) is 45.8 Å². The molecule has 1 N–H and O–H groups in total. The van der Waals surface area contributed by atoms with E-state index in [1.54, 1.807) is 11.3 Å². The second-order valence-electron chi connectivity index (χ2n) is 6.17. The summed E-state index contributed by atoms with van der Waals surface area (Å²) in [5, 5.41) is 13.0. The van der Waals surface area contributed by atoms with Gasteiger partial charge >= 0.3 is 0 Å². The molecule has 1 aromatic heterocycles. The molecule has 3 rings (SSSR count). The second-order valence-corrected chi connectivity index (χ2v) is 7.28. The predicted molar refractivity (Wildman–Crippen MR) is 100 cm³/mol. The molecule has 0 spiro atoms. The Morgan fingerprint density at radius 2 is 2.04 bits per heavy atom. The molecular formula is C20H22N2O2S. The van der Waals surface area contributed by atoms with Crippen LogP contribution in [0.3, 0.4) is 0 Å². The predicted octanol–water partition coefficient (Wildman–Crippen LogP) is 4.47. The van der Waals surface area contributed by atoms with Crippen LogP contribution in [0.2, 0.25) is 0 Å². The molecule has 0 bridgehead atoms. The van der Waals surface area contributed by atoms with Gasteiger partial charge in [0.15, 0.2) is 0 Å². The van der Waals surface area contributed by atoms with Gasteiger partial charge in [-0.25, -0.2) is 0 Å². The number of carbonyl (C=O) groups is 1. The number of nitrogens with zero attached hydrogens (tertiary/aromatic N) is 1. The quantitative estimate of drug-likeness (QED) is 0.832. The van der Waals surface area contributed by atoms with Crippen molar-refractivity contribution in [1.29, 1.82) is 5.26 Å². The number of carbonyl (C=O) groups excluding carboxylic acids is 1. The Labute approximate surface area is 152 Å². The van der Waals surface area contributed by atoms with E-state index in [-0.39, 0.29) is 12.3 Å². The third-order valence-electron chi connectivity index (χ3n) is 4.47. The summed E-state index contributed by atoms with van der Waals surface area (Å²) < 4.78 is 5.63. The average Bonchev–Trinajstić information content (AvgIpc) is 2.99. The first-order valence-electron chi connectivity index (χ1n) is 8.77. The molecule has 25 heavy (non-hydrogen) atoms. The van der Waals surface area contributed by atoms with Gasteiger partial charge in [-0.3, -0.25) is 4.79 Å². The van der Waals surface area contributed by atoms with Crippen molar-refractivity contribution in [2.24, 2.45) is 0 Å². The molecule has 0 radical (unpaired) electrons. The first-order valence-corrected chi connectivity index (χ1v) is 9.59. The zero-order valence-corrected chi connectivity index (χ0v) is 15.2. The van der Waals surface area contributed by atoms with Crippen LogP contribution in [0.25, 0.3) is 0 Å². The Morgan fingerprint density at radius 3 is 2.76 bits per heavy atom. The van der Waals surface area contributed by atoms with Gasteiger partial charge in [-0.05, 0) is 55.4 Å². The fourth-order valence-electron chi connectivity index (χ4n) is 3.04. The Bertz CT molecular complexity index is 787. The minimum absolute atomic E-state index is 0.111. The summed E-state index contributed by atoms with van der Waals surface area (Å²) in [5.74, 6) is 0.662. The van der Waals surface area contributed by atoms with Gasteiger partial charge in [-0.1, -0.05) is 19.1 Å². The van der Waals surface area contributed by atoms with Crippen LogP contribution in [-0.4, -0.2) is 12.5 Å². The third kappa shape index (κ3) is 4.21. The first kappa shape index (κ1) is 17.5. The molecular weight excluding hydrogens is 332 g/mol. The van der Waals surface area contributed by atoms with Crippen molar-refractivity contribution < 1.29 is 9.53 Å². The molecule has 1 aromatic carbocycles. The van der Waals surface area contributed by atoms with Crippen molar-refractivity contribution >= 4 is 22.2 Å². The Hall–Kier alpha value is -2.32. The monoisotopic (exact) mass is 354 g/mol. The van der Waals surface area contributed by atoms with E-state index >= 15 is 0 Å². The number of anilines is 1. The standard InChI is InChI=1S/C20H22N2O2S/c1-2-14-7-9-15(10-8-14)24-12-11-19(23)22-20-17(13-21)16-5-3-4-6-18(16)25-20/h7-10H,2-6,11-12H2,1H3,(H,22,23). The number of benzene rings is 1. The molecule has 1 aliphatic carbocycles. The summed E-state index contributed by atoms with van der Waals surface area (Å²) >= 11 is 1.55. The molecule has 0 aliphatic heterocycles. The maximum Gasteiger partial charge on any atom is 0.228 e. The summed E-state index contributed by atoms with van der Waals surface area (Å²) in [6.45, 7) is 2.43. The van der Waals surface area contributed by atoms with Gasteiger partial charge < -0.3 is 10.1 Å². The lowest BCUT2D eigenvalue weighted by atomic mass is 9.96. The molecule has 4 nitrogen and oxygen atoms in total. The van der Waals surface area contributed by atoms with Crippen LogP contribution < -0.4 is 10.1 Å². The third-order valence-corrected chi connectivity index (χ3v) is 5.67. The van der Waals surface area contributed by atoms with Crippen LogP contribution in [0.5, 0.6) is 5.75 Å². The van der Waals surface area contributed by atoms with E-state index in [1.165, 1.54) is 10.4 Å². The number of nitriles is 1. The molecule has 2 aromatic rings. The van der Waals surface area contributed by atoms with Gasteiger partial charge in [0, 0.05) is 4.88 Å². The lowest BCUT2D eigenvalue weighted by Gasteiger charge is -2.09. The highest BCUT2D eigenvalue weighted by Crippen LogP contribution is 2.37. The van der Waals surface area contributed by atoms with E-state index in [2.05, 4.69) is 18.3 Å². The number of amides is 1. The Morgan fingerprint density at radius 1 is 1.28 bits per heavy atom. The van der Waals surface area contributed by atoms with E-state index in [9.17, 15) is 10.1 Å². The van der Waals surface area contributed by atoms with Gasteiger partial charge in [0.2, 0.25) is 5.91 Å². The first-order chi connectivity index (χ1) is 12.2. The number of aryl methyl sites for hydroxylation is 2. The molecule has 1 aliphatic rings. The highest BCUT2D eigenvalue weighted by Gasteiger charge is 2.21. The minimum Gasteiger partial charge on any atom is -0.493 e. The van der Waals surface area contributed by atoms with Crippen LogP contribution >= 0.6 is 11.3 Å². The van der Waals surface area contributed by atoms with Crippen LogP contribution in [0.4, 0.5) is 5.00 Å². The number of thiophene rings is 1. The molecule has 0 saturated heterocycles. The topological polar surface area (TPSA) is 62.1 Å². The lowest BCUT2D eigenvalue weighted by Crippen LogP contribution is -2.15. The number of fused-ring (bicyclic) bond motifs is 1. The maximum absolute atomic E-state index is 12.2. The molecule has 0 unspecified atom stereocenters. The molecule has 5 heteroatoms. The summed E-state index contributed by atoms with van der Waals surface area (Å²) in [6.07, 6.45) is 5.51. The Balaban J connectivity index is 1.54. The van der Waals surface area contributed by atoms with Gasteiger partial charge in [-0.15, -0.1) is 11.3 Å². The van der Waals surface area contributed by atoms with Crippen molar-refractivity contribution in [2.45, 2.75) is 45.4 Å². The van der Waals surface area contributed by atoms with E-state index in [0.29, 0.717) is 17.2 Å². The zero-order valence-electron chi connectivity index (χ0n) is 14.4. The number of rotatable bonds is 6. The number of ether oxygens (including phenoxy) is 1. The highest BCUT2D eigenvalue weighted by molar-refractivity contribution is 7.16. The van der Waals surface area contributed by atoms with Crippen LogP contribution in [-0.2, 0) is 24.1 Å². The highest BCUT2D eigenvalue weighted by atomic mass is 32.1. The summed E-state index contributed by atoms with van der Waals surface area (Å²) in [6, 6.07) is 10.2. The molecule has 0 atom stereocenters. The van der Waals surface area contributed by atoms with Gasteiger partial charge in [0.1, 0.15) is 16.8 Å². The molecule has 0 saturated carbocycles. The minimum atomic E-state index is -0.111. The van der Waals surface area contributed by atoms with Crippen molar-refractivity contribution in [2.75, 3.05) is 11.9 Å². The lowest BCUT2D eigenvalue weighted by molar-refractivity contribution is -0.116. The molecule has 0 fully saturated rings. The zero-order chi connectivity index (χ0) is 17.6. The van der Waals surface area contributed by atoms with Crippen LogP contribution in [0.15, 0.2) is 24.3 Å². The van der Waals surface area contributed by atoms with E-state index in [1.807, 2.05) is 24.3 Å². The number of hydrogen-bond donors (Lipinski definition) is 1. The Kier molecular flexibility index (Phi) is 5.72. The van der Waals surface area contributed by atoms with Crippen molar-refractivity contribution in [3.63, 3.8) is 0 Å². The van der Waals surface area contributed by atoms with E-state index in [4.69, 9.17) is 4.74 Å². The summed E-state index contributed by atoms with van der Waals surface area (Å²) in [5.41, 5.74) is 3.06. The number of hydrogen-bond acceptors (Lipinski definition) is 4. The molecule has 1 amide bonds. The SMILES string of the molecule is CCc1ccc(OCCC(=O)Nc2sc3c(c2C#N)CCCC3)cc1. The number of nitrogens with one attached hydrogen (secondary N) is 1. The second kappa shape index (κ2) is 8.17. The normalized spacial score (nSPS) is 13.0. The fraction of sp³-hybridized carbons (Fsp3) is 0.400. The summed E-state index contributed by atoms with van der Waals surface area (Å²) in [4.78, 5) is 13.4. The van der Waals surface area contributed by atoms with Gasteiger partial charge in [0.05, 0.1) is 18.6 Å². The van der Waals surface area contributed by atoms with E-state index in [0.717, 1.165) is 43.4 Å². The van der Waals surface area contributed by atoms with Gasteiger partial charge in [-0.2, -0.15) is 5.26 Å². The fourth-order valence-corrected chi connectivity index (χ4v) is 4.30. The van der Waals surface area contributed by atoms with Crippen LogP contribution in [0, 0.1) is 11.3 Å². The largest absolute Gasteiger partial charge is 0.493 e. The molecule has 1 heterocycles. The van der Waals surface area contributed by atoms with Crippen molar-refractivity contribution in [1.82, 2.24) is 0 Å².